The second-order valence-electron chi connectivity index (χ2n) is 5.59. The molecule has 1 aliphatic rings. The summed E-state index contributed by atoms with van der Waals surface area (Å²) in [5.41, 5.74) is 7.96. The van der Waals surface area contributed by atoms with E-state index < -0.39 is 4.92 Å². The van der Waals surface area contributed by atoms with E-state index in [1.807, 2.05) is 24.3 Å². The second kappa shape index (κ2) is 6.57. The van der Waals surface area contributed by atoms with E-state index in [1.165, 1.54) is 12.1 Å². The van der Waals surface area contributed by atoms with E-state index in [0.717, 1.165) is 16.9 Å². The number of nitro benzene ring substituents is 1. The molecule has 0 fully saturated rings. The van der Waals surface area contributed by atoms with E-state index in [9.17, 15) is 10.1 Å². The molecule has 1 aliphatic heterocycles. The molecule has 0 spiro atoms. The van der Waals surface area contributed by atoms with Crippen molar-refractivity contribution in [3.8, 4) is 5.75 Å². The van der Waals surface area contributed by atoms with Crippen molar-refractivity contribution in [2.75, 3.05) is 7.11 Å². The van der Waals surface area contributed by atoms with Gasteiger partial charge in [-0.3, -0.25) is 10.1 Å². The van der Waals surface area contributed by atoms with Crippen molar-refractivity contribution in [2.45, 2.75) is 18.5 Å². The molecule has 2 aromatic carbocycles. The lowest BCUT2D eigenvalue weighted by Gasteiger charge is -2.29. The van der Waals surface area contributed by atoms with Gasteiger partial charge in [0, 0.05) is 12.1 Å². The summed E-state index contributed by atoms with van der Waals surface area (Å²) in [6, 6.07) is 14.1. The van der Waals surface area contributed by atoms with Crippen molar-refractivity contribution in [3.05, 3.63) is 69.8 Å². The molecule has 3 N–H and O–H groups in total. The third kappa shape index (κ3) is 3.29. The Morgan fingerprint density at radius 3 is 2.67 bits per heavy atom. The van der Waals surface area contributed by atoms with E-state index in [2.05, 4.69) is 10.3 Å². The molecular weight excluding hydrogens is 308 g/mol. The summed E-state index contributed by atoms with van der Waals surface area (Å²) in [4.78, 5) is 14.8. The highest BCUT2D eigenvalue weighted by Crippen LogP contribution is 2.33. The summed E-state index contributed by atoms with van der Waals surface area (Å²) in [5, 5.41) is 13.9. The Hall–Kier alpha value is -3.09. The average Bonchev–Trinajstić information content (AvgIpc) is 2.61. The van der Waals surface area contributed by atoms with E-state index >= 15 is 0 Å². The highest BCUT2D eigenvalue weighted by molar-refractivity contribution is 5.79. The minimum absolute atomic E-state index is 0.0560. The van der Waals surface area contributed by atoms with Gasteiger partial charge in [-0.2, -0.15) is 0 Å². The van der Waals surface area contributed by atoms with Crippen LogP contribution < -0.4 is 15.8 Å². The average molecular weight is 326 g/mol. The Labute approximate surface area is 139 Å². The second-order valence-corrected chi connectivity index (χ2v) is 5.59. The molecule has 0 radical (unpaired) electrons. The molecule has 1 heterocycles. The molecule has 3 rings (SSSR count). The Bertz CT molecular complexity index is 774. The molecule has 2 unspecified atom stereocenters. The highest BCUT2D eigenvalue weighted by atomic mass is 16.6. The monoisotopic (exact) mass is 326 g/mol. The number of hydrogen-bond donors (Lipinski definition) is 2. The number of nitrogens with one attached hydrogen (secondary N) is 1. The molecule has 7 heteroatoms. The fourth-order valence-corrected chi connectivity index (χ4v) is 2.83. The number of non-ortho nitro benzene ring substituents is 1. The van der Waals surface area contributed by atoms with Crippen LogP contribution in [0.25, 0.3) is 0 Å². The first-order chi connectivity index (χ1) is 11.6. The van der Waals surface area contributed by atoms with Crippen molar-refractivity contribution >= 4 is 11.6 Å². The maximum atomic E-state index is 10.8. The lowest BCUT2D eigenvalue weighted by molar-refractivity contribution is -0.384. The van der Waals surface area contributed by atoms with Gasteiger partial charge in [-0.05, 0) is 29.7 Å². The molecule has 0 aliphatic carbocycles. The van der Waals surface area contributed by atoms with Crippen LogP contribution in [0, 0.1) is 10.1 Å². The highest BCUT2D eigenvalue weighted by Gasteiger charge is 2.25. The molecule has 0 saturated heterocycles. The van der Waals surface area contributed by atoms with Crippen LogP contribution in [0.15, 0.2) is 53.5 Å². The first-order valence-electron chi connectivity index (χ1n) is 7.55. The quantitative estimate of drug-likeness (QED) is 0.664. The zero-order chi connectivity index (χ0) is 17.1. The first-order valence-corrected chi connectivity index (χ1v) is 7.55. The predicted molar refractivity (Wildman–Crippen MR) is 90.9 cm³/mol. The minimum Gasteiger partial charge on any atom is -0.497 e. The minimum atomic E-state index is -0.410. The topological polar surface area (TPSA) is 103 Å². The third-order valence-electron chi connectivity index (χ3n) is 4.06. The summed E-state index contributed by atoms with van der Waals surface area (Å²) in [5.74, 6) is 1.13. The van der Waals surface area contributed by atoms with Gasteiger partial charge in [-0.1, -0.05) is 24.3 Å². The summed E-state index contributed by atoms with van der Waals surface area (Å²) >= 11 is 0. The zero-order valence-corrected chi connectivity index (χ0v) is 13.2. The van der Waals surface area contributed by atoms with E-state index in [0.29, 0.717) is 12.4 Å². The Morgan fingerprint density at radius 1 is 1.25 bits per heavy atom. The molecular formula is C17H18N4O3. The zero-order valence-electron chi connectivity index (χ0n) is 13.2. The van der Waals surface area contributed by atoms with Crippen molar-refractivity contribution in [3.63, 3.8) is 0 Å². The van der Waals surface area contributed by atoms with Crippen LogP contribution in [0.2, 0.25) is 0 Å². The van der Waals surface area contributed by atoms with Gasteiger partial charge in [0.2, 0.25) is 0 Å². The maximum Gasteiger partial charge on any atom is 0.269 e. The van der Waals surface area contributed by atoms with Crippen molar-refractivity contribution in [1.82, 2.24) is 5.32 Å². The normalized spacial score (nSPS) is 20.0. The smallest absolute Gasteiger partial charge is 0.269 e. The third-order valence-corrected chi connectivity index (χ3v) is 4.06. The number of nitrogens with zero attached hydrogens (tertiary/aromatic N) is 2. The standard InChI is InChI=1S/C17H18N4O3/c1-24-14-4-2-3-12(9-14)16-10-15(19-17(18)20-16)11-5-7-13(8-6-11)21(22)23/h2-9,15-16H,10H2,1H3,(H3,18,19,20). The van der Waals surface area contributed by atoms with Crippen molar-refractivity contribution in [2.24, 2.45) is 10.7 Å². The summed E-state index contributed by atoms with van der Waals surface area (Å²) in [6.07, 6.45) is 0.700. The van der Waals surface area contributed by atoms with Gasteiger partial charge >= 0.3 is 0 Å². The molecule has 0 bridgehead atoms. The van der Waals surface area contributed by atoms with Crippen LogP contribution in [0.4, 0.5) is 5.69 Å². The summed E-state index contributed by atoms with van der Waals surface area (Å²) in [6.45, 7) is 0. The number of benzene rings is 2. The first kappa shape index (κ1) is 15.8. The van der Waals surface area contributed by atoms with Crippen LogP contribution in [-0.2, 0) is 0 Å². The number of guanidine groups is 1. The number of aliphatic imine (C=N–C) groups is 1. The molecule has 0 aromatic heterocycles. The molecule has 0 saturated carbocycles. The van der Waals surface area contributed by atoms with Crippen LogP contribution >= 0.6 is 0 Å². The van der Waals surface area contributed by atoms with E-state index in [4.69, 9.17) is 10.5 Å². The van der Waals surface area contributed by atoms with Gasteiger partial charge in [0.15, 0.2) is 5.96 Å². The lowest BCUT2D eigenvalue weighted by atomic mass is 9.93. The SMILES string of the molecule is COc1cccc(C2CC(c3ccc([N+](=O)[O-])cc3)NC(N)=N2)c1. The van der Waals surface area contributed by atoms with Gasteiger partial charge in [0.25, 0.3) is 5.69 Å². The molecule has 2 aromatic rings. The van der Waals surface area contributed by atoms with Crippen LogP contribution in [0.5, 0.6) is 5.75 Å². The largest absolute Gasteiger partial charge is 0.497 e. The lowest BCUT2D eigenvalue weighted by Crippen LogP contribution is -2.39. The number of nitrogens with two attached hydrogens (primary N) is 1. The molecule has 2 atom stereocenters. The molecule has 0 amide bonds. The van der Waals surface area contributed by atoms with Gasteiger partial charge in [0.05, 0.1) is 24.1 Å². The van der Waals surface area contributed by atoms with E-state index in [-0.39, 0.29) is 17.8 Å². The molecule has 7 nitrogen and oxygen atoms in total. The van der Waals surface area contributed by atoms with Crippen LogP contribution in [0.3, 0.4) is 0 Å². The Kier molecular flexibility index (Phi) is 4.33. The van der Waals surface area contributed by atoms with E-state index in [1.54, 1.807) is 19.2 Å². The van der Waals surface area contributed by atoms with Gasteiger partial charge in [-0.15, -0.1) is 0 Å². The van der Waals surface area contributed by atoms with Gasteiger partial charge in [-0.25, -0.2) is 4.99 Å². The Balaban J connectivity index is 1.84. The van der Waals surface area contributed by atoms with Crippen molar-refractivity contribution < 1.29 is 9.66 Å². The molecule has 24 heavy (non-hydrogen) atoms. The maximum absolute atomic E-state index is 10.8. The van der Waals surface area contributed by atoms with Crippen molar-refractivity contribution in [1.29, 1.82) is 0 Å². The number of nitro groups is 1. The summed E-state index contributed by atoms with van der Waals surface area (Å²) < 4.78 is 5.26. The predicted octanol–water partition coefficient (Wildman–Crippen LogP) is 2.69. The van der Waals surface area contributed by atoms with Crippen LogP contribution in [-0.4, -0.2) is 18.0 Å². The number of hydrogen-bond acceptors (Lipinski definition) is 6. The fraction of sp³-hybridized carbons (Fsp3) is 0.235. The fourth-order valence-electron chi connectivity index (χ4n) is 2.83. The van der Waals surface area contributed by atoms with Gasteiger partial charge < -0.3 is 15.8 Å². The summed E-state index contributed by atoms with van der Waals surface area (Å²) in [7, 11) is 1.62. The Morgan fingerprint density at radius 2 is 2.00 bits per heavy atom. The number of methoxy groups -OCH3 is 1. The van der Waals surface area contributed by atoms with Crippen LogP contribution in [0.1, 0.15) is 29.6 Å². The van der Waals surface area contributed by atoms with Gasteiger partial charge in [0.1, 0.15) is 5.75 Å². The molecule has 124 valence electrons. The number of rotatable bonds is 4. The number of ether oxygens (including phenoxy) is 1.